The van der Waals surface area contributed by atoms with Gasteiger partial charge in [0.15, 0.2) is 5.11 Å². The minimum absolute atomic E-state index is 0.0686. The van der Waals surface area contributed by atoms with Crippen molar-refractivity contribution in [2.45, 2.75) is 27.3 Å². The van der Waals surface area contributed by atoms with E-state index in [2.05, 4.69) is 26.0 Å². The summed E-state index contributed by atoms with van der Waals surface area (Å²) >= 11 is 11.2. The molecule has 0 aliphatic heterocycles. The Morgan fingerprint density at radius 2 is 2.20 bits per heavy atom. The van der Waals surface area contributed by atoms with Crippen LogP contribution in [0.25, 0.3) is 0 Å². The molecule has 0 aliphatic carbocycles. The molecule has 8 nitrogen and oxygen atoms in total. The molecule has 0 saturated carbocycles. The molecule has 1 aromatic heterocycles. The number of anilines is 1. The quantitative estimate of drug-likeness (QED) is 0.741. The summed E-state index contributed by atoms with van der Waals surface area (Å²) in [6.07, 6.45) is 0. The van der Waals surface area contributed by atoms with Gasteiger partial charge in [-0.15, -0.1) is 5.10 Å². The summed E-state index contributed by atoms with van der Waals surface area (Å²) in [5.74, 6) is 0.721. The lowest BCUT2D eigenvalue weighted by Gasteiger charge is -2.09. The van der Waals surface area contributed by atoms with Gasteiger partial charge in [0, 0.05) is 5.56 Å². The van der Waals surface area contributed by atoms with Crippen LogP contribution in [0.15, 0.2) is 18.2 Å². The summed E-state index contributed by atoms with van der Waals surface area (Å²) in [4.78, 5) is 13.7. The third-order valence-corrected chi connectivity index (χ3v) is 3.43. The van der Waals surface area contributed by atoms with Crippen molar-refractivity contribution in [1.29, 1.82) is 0 Å². The molecule has 25 heavy (non-hydrogen) atoms. The third kappa shape index (κ3) is 5.64. The van der Waals surface area contributed by atoms with E-state index in [1.54, 1.807) is 12.1 Å². The number of halogens is 1. The van der Waals surface area contributed by atoms with Crippen molar-refractivity contribution < 1.29 is 9.53 Å². The highest BCUT2D eigenvalue weighted by Gasteiger charge is 2.12. The maximum absolute atomic E-state index is 12.2. The van der Waals surface area contributed by atoms with Crippen molar-refractivity contribution in [3.05, 3.63) is 28.8 Å². The van der Waals surface area contributed by atoms with E-state index < -0.39 is 5.91 Å². The zero-order valence-corrected chi connectivity index (χ0v) is 15.7. The maximum atomic E-state index is 12.2. The zero-order chi connectivity index (χ0) is 18.4. The highest BCUT2D eigenvalue weighted by Crippen LogP contribution is 2.25. The number of hydrogen-bond donors (Lipinski definition) is 2. The Morgan fingerprint density at radius 1 is 1.44 bits per heavy atom. The molecular formula is C15H19ClN6O2S. The van der Waals surface area contributed by atoms with Crippen molar-refractivity contribution in [2.24, 2.45) is 5.92 Å². The van der Waals surface area contributed by atoms with Crippen molar-refractivity contribution in [1.82, 2.24) is 25.5 Å². The Bertz CT molecular complexity index is 764. The van der Waals surface area contributed by atoms with Crippen LogP contribution in [0.4, 0.5) is 5.95 Å². The first-order valence-electron chi connectivity index (χ1n) is 7.71. The minimum atomic E-state index is -0.406. The second-order valence-corrected chi connectivity index (χ2v) is 6.36. The molecule has 134 valence electrons. The summed E-state index contributed by atoms with van der Waals surface area (Å²) in [5, 5.41) is 17.5. The molecule has 0 atom stereocenters. The van der Waals surface area contributed by atoms with Crippen LogP contribution in [0.3, 0.4) is 0 Å². The maximum Gasteiger partial charge on any atom is 0.269 e. The molecule has 1 heterocycles. The second-order valence-electron chi connectivity index (χ2n) is 5.55. The fraction of sp³-hybridized carbons (Fsp3) is 0.400. The number of ether oxygens (including phenoxy) is 1. The summed E-state index contributed by atoms with van der Waals surface area (Å²) in [6.45, 7) is 7.07. The number of aromatic nitrogens is 4. The standard InChI is InChI=1S/C15H19ClN6O2S/c1-4-24-12-6-5-10(7-11(12)16)13(23)17-15(25)18-14-19-21-22(20-14)8-9(2)3/h5-7,9H,4,8H2,1-3H3,(H2,17,18,20,23,25). The van der Waals surface area contributed by atoms with Crippen LogP contribution < -0.4 is 15.4 Å². The van der Waals surface area contributed by atoms with Crippen molar-refractivity contribution in [2.75, 3.05) is 11.9 Å². The Labute approximate surface area is 155 Å². The molecule has 2 rings (SSSR count). The number of thiocarbonyl (C=S) groups is 1. The molecule has 0 radical (unpaired) electrons. The highest BCUT2D eigenvalue weighted by atomic mass is 35.5. The Morgan fingerprint density at radius 3 is 2.84 bits per heavy atom. The smallest absolute Gasteiger partial charge is 0.269 e. The third-order valence-electron chi connectivity index (χ3n) is 2.93. The average molecular weight is 383 g/mol. The number of nitrogens with zero attached hydrogens (tertiary/aromatic N) is 4. The number of benzene rings is 1. The van der Waals surface area contributed by atoms with Crippen LogP contribution in [0, 0.1) is 5.92 Å². The second kappa shape index (κ2) is 8.72. The van der Waals surface area contributed by atoms with E-state index in [1.807, 2.05) is 20.8 Å². The van der Waals surface area contributed by atoms with Gasteiger partial charge >= 0.3 is 0 Å². The monoisotopic (exact) mass is 382 g/mol. The van der Waals surface area contributed by atoms with Crippen LogP contribution >= 0.6 is 23.8 Å². The number of tetrazole rings is 1. The molecule has 2 N–H and O–H groups in total. The summed E-state index contributed by atoms with van der Waals surface area (Å²) in [5.41, 5.74) is 0.356. The number of nitrogens with one attached hydrogen (secondary N) is 2. The molecule has 1 amide bonds. The predicted molar refractivity (Wildman–Crippen MR) is 99.0 cm³/mol. The van der Waals surface area contributed by atoms with Gasteiger partial charge in [0.05, 0.1) is 18.2 Å². The van der Waals surface area contributed by atoms with Gasteiger partial charge in [0.2, 0.25) is 0 Å². The van der Waals surface area contributed by atoms with Crippen LogP contribution in [0.5, 0.6) is 5.75 Å². The van der Waals surface area contributed by atoms with Gasteiger partial charge in [0.25, 0.3) is 11.9 Å². The number of hydrogen-bond acceptors (Lipinski definition) is 6. The van der Waals surface area contributed by atoms with Crippen LogP contribution in [-0.4, -0.2) is 37.8 Å². The number of carbonyl (C=O) groups is 1. The van der Waals surface area contributed by atoms with Gasteiger partial charge in [-0.3, -0.25) is 15.4 Å². The normalized spacial score (nSPS) is 10.6. The Kier molecular flexibility index (Phi) is 6.65. The van der Waals surface area contributed by atoms with E-state index in [1.165, 1.54) is 10.9 Å². The SMILES string of the molecule is CCOc1ccc(C(=O)NC(=S)Nc2nnn(CC(C)C)n2)cc1Cl. The van der Waals surface area contributed by atoms with Crippen LogP contribution in [0.2, 0.25) is 5.02 Å². The first-order valence-corrected chi connectivity index (χ1v) is 8.50. The highest BCUT2D eigenvalue weighted by molar-refractivity contribution is 7.80. The molecule has 2 aromatic rings. The van der Waals surface area contributed by atoms with Crippen LogP contribution in [0.1, 0.15) is 31.1 Å². The molecular weight excluding hydrogens is 364 g/mol. The van der Waals surface area contributed by atoms with Crippen molar-refractivity contribution in [3.8, 4) is 5.75 Å². The zero-order valence-electron chi connectivity index (χ0n) is 14.1. The fourth-order valence-electron chi connectivity index (χ4n) is 1.92. The van der Waals surface area contributed by atoms with Gasteiger partial charge in [-0.05, 0) is 48.5 Å². The number of amides is 1. The summed E-state index contributed by atoms with van der Waals surface area (Å²) in [7, 11) is 0. The van der Waals surface area contributed by atoms with E-state index in [9.17, 15) is 4.79 Å². The van der Waals surface area contributed by atoms with Gasteiger partial charge < -0.3 is 4.74 Å². The predicted octanol–water partition coefficient (Wildman–Crippen LogP) is 2.51. The first-order chi connectivity index (χ1) is 11.9. The van der Waals surface area contributed by atoms with Crippen LogP contribution in [-0.2, 0) is 6.54 Å². The topological polar surface area (TPSA) is 94.0 Å². The summed E-state index contributed by atoms with van der Waals surface area (Å²) in [6, 6.07) is 4.75. The molecule has 10 heteroatoms. The fourth-order valence-corrected chi connectivity index (χ4v) is 2.34. The Balaban J connectivity index is 1.94. The largest absolute Gasteiger partial charge is 0.492 e. The molecule has 0 spiro atoms. The molecule has 0 bridgehead atoms. The lowest BCUT2D eigenvalue weighted by Crippen LogP contribution is -2.34. The molecule has 0 saturated heterocycles. The molecule has 0 fully saturated rings. The number of rotatable bonds is 6. The van der Waals surface area contributed by atoms with Gasteiger partial charge in [-0.1, -0.05) is 30.5 Å². The average Bonchev–Trinajstić information content (AvgIpc) is 2.95. The molecule has 0 unspecified atom stereocenters. The van der Waals surface area contributed by atoms with E-state index in [0.29, 0.717) is 35.4 Å². The lowest BCUT2D eigenvalue weighted by atomic mass is 10.2. The van der Waals surface area contributed by atoms with Crippen molar-refractivity contribution in [3.63, 3.8) is 0 Å². The van der Waals surface area contributed by atoms with Crippen molar-refractivity contribution >= 4 is 40.8 Å². The first kappa shape index (κ1) is 19.1. The number of carbonyl (C=O) groups excluding carboxylic acids is 1. The van der Waals surface area contributed by atoms with Gasteiger partial charge in [-0.2, -0.15) is 4.80 Å². The molecule has 1 aromatic carbocycles. The van der Waals surface area contributed by atoms with E-state index in [-0.39, 0.29) is 11.1 Å². The van der Waals surface area contributed by atoms with E-state index >= 15 is 0 Å². The minimum Gasteiger partial charge on any atom is -0.492 e. The Hall–Kier alpha value is -2.26. The van der Waals surface area contributed by atoms with E-state index in [0.717, 1.165) is 0 Å². The lowest BCUT2D eigenvalue weighted by molar-refractivity contribution is 0.0977. The summed E-state index contributed by atoms with van der Waals surface area (Å²) < 4.78 is 5.33. The van der Waals surface area contributed by atoms with Gasteiger partial charge in [0.1, 0.15) is 5.75 Å². The molecule has 0 aliphatic rings. The van der Waals surface area contributed by atoms with Gasteiger partial charge in [-0.25, -0.2) is 0 Å². The van der Waals surface area contributed by atoms with E-state index in [4.69, 9.17) is 28.6 Å².